The molecule has 5 heteroatoms. The lowest BCUT2D eigenvalue weighted by Crippen LogP contribution is -2.40. The lowest BCUT2D eigenvalue weighted by atomic mass is 9.99. The van der Waals surface area contributed by atoms with Crippen molar-refractivity contribution in [2.75, 3.05) is 26.2 Å². The van der Waals surface area contributed by atoms with E-state index < -0.39 is 17.7 Å². The fraction of sp³-hybridized carbons (Fsp3) is 0.600. The van der Waals surface area contributed by atoms with Crippen LogP contribution in [0.2, 0.25) is 0 Å². The molecule has 1 aromatic rings. The molecule has 1 atom stereocenters. The first kappa shape index (κ1) is 15.2. The molecule has 0 amide bonds. The SMILES string of the molecule is CC1CCN(CC(O)COc2cc(F)ccc2F)CC1. The number of aliphatic hydroxyl groups is 1. The van der Waals surface area contributed by atoms with E-state index in [9.17, 15) is 13.9 Å². The summed E-state index contributed by atoms with van der Waals surface area (Å²) < 4.78 is 31.5. The predicted molar refractivity (Wildman–Crippen MR) is 72.7 cm³/mol. The van der Waals surface area contributed by atoms with Crippen LogP contribution in [-0.4, -0.2) is 42.4 Å². The van der Waals surface area contributed by atoms with Crippen LogP contribution in [0.4, 0.5) is 8.78 Å². The average Bonchev–Trinajstić information content (AvgIpc) is 2.42. The Morgan fingerprint density at radius 2 is 2.05 bits per heavy atom. The Balaban J connectivity index is 1.77. The molecule has 0 bridgehead atoms. The van der Waals surface area contributed by atoms with Crippen LogP contribution >= 0.6 is 0 Å². The fourth-order valence-electron chi connectivity index (χ4n) is 2.37. The third kappa shape index (κ3) is 4.42. The summed E-state index contributed by atoms with van der Waals surface area (Å²) >= 11 is 0. The number of benzene rings is 1. The van der Waals surface area contributed by atoms with Gasteiger partial charge in [-0.15, -0.1) is 0 Å². The van der Waals surface area contributed by atoms with E-state index in [2.05, 4.69) is 11.8 Å². The van der Waals surface area contributed by atoms with E-state index in [1.807, 2.05) is 0 Å². The zero-order valence-corrected chi connectivity index (χ0v) is 11.7. The molecule has 3 nitrogen and oxygen atoms in total. The predicted octanol–water partition coefficient (Wildman–Crippen LogP) is 2.44. The smallest absolute Gasteiger partial charge is 0.165 e. The highest BCUT2D eigenvalue weighted by Gasteiger charge is 2.19. The Hall–Kier alpha value is -1.20. The molecule has 112 valence electrons. The van der Waals surface area contributed by atoms with Crippen molar-refractivity contribution in [3.63, 3.8) is 0 Å². The molecule has 2 rings (SSSR count). The van der Waals surface area contributed by atoms with E-state index in [1.165, 1.54) is 0 Å². The number of β-amino-alcohol motifs (C(OH)–C–C–N with tert-alkyl or cyclic N) is 1. The fourth-order valence-corrected chi connectivity index (χ4v) is 2.37. The first-order valence-corrected chi connectivity index (χ1v) is 7.03. The normalized spacial score (nSPS) is 19.0. The quantitative estimate of drug-likeness (QED) is 0.902. The van der Waals surface area contributed by atoms with Crippen LogP contribution in [0.3, 0.4) is 0 Å². The van der Waals surface area contributed by atoms with Crippen molar-refractivity contribution in [2.24, 2.45) is 5.92 Å². The minimum absolute atomic E-state index is 0.0353. The molecule has 1 unspecified atom stereocenters. The molecule has 0 spiro atoms. The maximum absolute atomic E-state index is 13.3. The molecule has 0 saturated carbocycles. The van der Waals surface area contributed by atoms with Gasteiger partial charge in [-0.1, -0.05) is 6.92 Å². The molecule has 0 radical (unpaired) electrons. The van der Waals surface area contributed by atoms with E-state index in [0.29, 0.717) is 6.54 Å². The highest BCUT2D eigenvalue weighted by Crippen LogP contribution is 2.19. The van der Waals surface area contributed by atoms with Gasteiger partial charge in [-0.3, -0.25) is 0 Å². The highest BCUT2D eigenvalue weighted by atomic mass is 19.1. The van der Waals surface area contributed by atoms with Crippen molar-refractivity contribution in [3.05, 3.63) is 29.8 Å². The second kappa shape index (κ2) is 6.99. The summed E-state index contributed by atoms with van der Waals surface area (Å²) in [6, 6.07) is 3.04. The number of likely N-dealkylation sites (tertiary alicyclic amines) is 1. The second-order valence-electron chi connectivity index (χ2n) is 5.52. The van der Waals surface area contributed by atoms with Crippen LogP contribution in [0.1, 0.15) is 19.8 Å². The Labute approximate surface area is 118 Å². The van der Waals surface area contributed by atoms with Crippen LogP contribution in [-0.2, 0) is 0 Å². The van der Waals surface area contributed by atoms with Gasteiger partial charge in [-0.05, 0) is 44.0 Å². The molecule has 1 aromatic carbocycles. The van der Waals surface area contributed by atoms with E-state index >= 15 is 0 Å². The Bertz CT molecular complexity index is 434. The van der Waals surface area contributed by atoms with Crippen molar-refractivity contribution in [3.8, 4) is 5.75 Å². The summed E-state index contributed by atoms with van der Waals surface area (Å²) in [5.41, 5.74) is 0. The van der Waals surface area contributed by atoms with Crippen molar-refractivity contribution in [2.45, 2.75) is 25.9 Å². The summed E-state index contributed by atoms with van der Waals surface area (Å²) in [6.45, 7) is 4.62. The van der Waals surface area contributed by atoms with E-state index in [1.54, 1.807) is 0 Å². The van der Waals surface area contributed by atoms with Gasteiger partial charge >= 0.3 is 0 Å². The number of hydrogen-bond acceptors (Lipinski definition) is 3. The molecule has 1 aliphatic rings. The molecule has 1 N–H and O–H groups in total. The van der Waals surface area contributed by atoms with Gasteiger partial charge in [0.1, 0.15) is 18.5 Å². The van der Waals surface area contributed by atoms with Gasteiger partial charge in [-0.25, -0.2) is 8.78 Å². The number of aliphatic hydroxyl groups excluding tert-OH is 1. The van der Waals surface area contributed by atoms with Crippen molar-refractivity contribution in [1.82, 2.24) is 4.90 Å². The molecule has 1 saturated heterocycles. The molecule has 20 heavy (non-hydrogen) atoms. The van der Waals surface area contributed by atoms with E-state index in [0.717, 1.165) is 50.0 Å². The zero-order valence-electron chi connectivity index (χ0n) is 11.7. The second-order valence-corrected chi connectivity index (χ2v) is 5.52. The van der Waals surface area contributed by atoms with Gasteiger partial charge < -0.3 is 14.7 Å². The van der Waals surface area contributed by atoms with Gasteiger partial charge in [0, 0.05) is 12.6 Å². The number of rotatable bonds is 5. The first-order valence-electron chi connectivity index (χ1n) is 7.03. The van der Waals surface area contributed by atoms with E-state index in [-0.39, 0.29) is 12.4 Å². The summed E-state index contributed by atoms with van der Waals surface area (Å²) in [6.07, 6.45) is 1.56. The maximum atomic E-state index is 13.3. The molecule has 1 heterocycles. The van der Waals surface area contributed by atoms with Crippen LogP contribution in [0, 0.1) is 17.6 Å². The minimum atomic E-state index is -0.703. The topological polar surface area (TPSA) is 32.7 Å². The molecular weight excluding hydrogens is 264 g/mol. The largest absolute Gasteiger partial charge is 0.488 e. The van der Waals surface area contributed by atoms with Gasteiger partial charge in [0.15, 0.2) is 11.6 Å². The Morgan fingerprint density at radius 1 is 1.35 bits per heavy atom. The average molecular weight is 285 g/mol. The number of piperidine rings is 1. The van der Waals surface area contributed by atoms with Crippen molar-refractivity contribution < 1.29 is 18.6 Å². The number of nitrogens with zero attached hydrogens (tertiary/aromatic N) is 1. The van der Waals surface area contributed by atoms with Crippen LogP contribution in [0.5, 0.6) is 5.75 Å². The zero-order chi connectivity index (χ0) is 14.5. The third-order valence-electron chi connectivity index (χ3n) is 3.67. The van der Waals surface area contributed by atoms with Crippen LogP contribution < -0.4 is 4.74 Å². The molecule has 0 aromatic heterocycles. The summed E-state index contributed by atoms with van der Waals surface area (Å²) in [4.78, 5) is 2.18. The number of ether oxygens (including phenoxy) is 1. The monoisotopic (exact) mass is 285 g/mol. The van der Waals surface area contributed by atoms with Gasteiger partial charge in [0.25, 0.3) is 0 Å². The van der Waals surface area contributed by atoms with Crippen LogP contribution in [0.25, 0.3) is 0 Å². The molecule has 0 aliphatic carbocycles. The highest BCUT2D eigenvalue weighted by molar-refractivity contribution is 5.24. The summed E-state index contributed by atoms with van der Waals surface area (Å²) in [5, 5.41) is 9.91. The standard InChI is InChI=1S/C15H21F2NO2/c1-11-4-6-18(7-5-11)9-13(19)10-20-15-8-12(16)2-3-14(15)17/h2-3,8,11,13,19H,4-7,9-10H2,1H3. The molecular formula is C15H21F2NO2. The Kier molecular flexibility index (Phi) is 5.31. The number of hydrogen-bond donors (Lipinski definition) is 1. The van der Waals surface area contributed by atoms with Crippen LogP contribution in [0.15, 0.2) is 18.2 Å². The third-order valence-corrected chi connectivity index (χ3v) is 3.67. The van der Waals surface area contributed by atoms with E-state index in [4.69, 9.17) is 4.74 Å². The summed E-state index contributed by atoms with van der Waals surface area (Å²) in [7, 11) is 0. The lowest BCUT2D eigenvalue weighted by Gasteiger charge is -2.31. The maximum Gasteiger partial charge on any atom is 0.165 e. The van der Waals surface area contributed by atoms with Crippen molar-refractivity contribution in [1.29, 1.82) is 0 Å². The van der Waals surface area contributed by atoms with Gasteiger partial charge in [0.2, 0.25) is 0 Å². The summed E-state index contributed by atoms with van der Waals surface area (Å²) in [5.74, 6) is -0.594. The van der Waals surface area contributed by atoms with Gasteiger partial charge in [-0.2, -0.15) is 0 Å². The van der Waals surface area contributed by atoms with Crippen molar-refractivity contribution >= 4 is 0 Å². The lowest BCUT2D eigenvalue weighted by molar-refractivity contribution is 0.0550. The first-order chi connectivity index (χ1) is 9.54. The molecule has 1 aliphatic heterocycles. The number of halogens is 2. The molecule has 1 fully saturated rings. The minimum Gasteiger partial charge on any atom is -0.488 e. The van der Waals surface area contributed by atoms with Gasteiger partial charge in [0.05, 0.1) is 0 Å². The Morgan fingerprint density at radius 3 is 2.75 bits per heavy atom.